The maximum absolute atomic E-state index is 11.3. The summed E-state index contributed by atoms with van der Waals surface area (Å²) < 4.78 is 23.4. The van der Waals surface area contributed by atoms with Crippen LogP contribution in [0, 0.1) is 0 Å². The van der Waals surface area contributed by atoms with Crippen LogP contribution in [-0.4, -0.2) is 44.5 Å². The van der Waals surface area contributed by atoms with Crippen molar-refractivity contribution in [3.8, 4) is 0 Å². The Bertz CT molecular complexity index is 338. The third kappa shape index (κ3) is 2.69. The highest BCUT2D eigenvalue weighted by molar-refractivity contribution is 7.89. The number of rotatable bonds is 3. The van der Waals surface area contributed by atoms with Gasteiger partial charge in [0.1, 0.15) is 6.04 Å². The molecule has 1 rings (SSSR count). The van der Waals surface area contributed by atoms with Crippen LogP contribution in [0.25, 0.3) is 0 Å². The average Bonchev–Trinajstić information content (AvgIpc) is 2.47. The van der Waals surface area contributed by atoms with Gasteiger partial charge >= 0.3 is 0 Å². The fourth-order valence-electron chi connectivity index (χ4n) is 1.45. The standard InChI is InChI=1S/C7H12N2O4S/c1-14(12,13)8-7(11)6-3-2-4-9(6)5-10/h5-6H,2-4H2,1H3,(H,8,11)/t6-/m0/s1. The lowest BCUT2D eigenvalue weighted by Crippen LogP contribution is -2.44. The molecule has 0 radical (unpaired) electrons. The molecule has 0 bridgehead atoms. The van der Waals surface area contributed by atoms with E-state index < -0.39 is 22.0 Å². The molecule has 1 N–H and O–H groups in total. The number of sulfonamides is 1. The first-order valence-electron chi connectivity index (χ1n) is 4.17. The van der Waals surface area contributed by atoms with Gasteiger partial charge in [-0.15, -0.1) is 0 Å². The first-order chi connectivity index (χ1) is 6.44. The van der Waals surface area contributed by atoms with Crippen molar-refractivity contribution < 1.29 is 18.0 Å². The van der Waals surface area contributed by atoms with Crippen molar-refractivity contribution in [2.45, 2.75) is 18.9 Å². The second kappa shape index (κ2) is 3.95. The van der Waals surface area contributed by atoms with E-state index in [9.17, 15) is 18.0 Å². The zero-order valence-corrected chi connectivity index (χ0v) is 8.58. The predicted octanol–water partition coefficient (Wildman–Crippen LogP) is -1.32. The van der Waals surface area contributed by atoms with Crippen LogP contribution in [-0.2, 0) is 19.6 Å². The molecule has 0 unspecified atom stereocenters. The highest BCUT2D eigenvalue weighted by Gasteiger charge is 2.30. The molecule has 0 saturated carbocycles. The zero-order valence-electron chi connectivity index (χ0n) is 7.76. The Morgan fingerprint density at radius 2 is 2.21 bits per heavy atom. The fourth-order valence-corrected chi connectivity index (χ4v) is 1.95. The Morgan fingerprint density at radius 3 is 2.71 bits per heavy atom. The molecule has 1 saturated heterocycles. The summed E-state index contributed by atoms with van der Waals surface area (Å²) in [5.74, 6) is -0.628. The molecular formula is C7H12N2O4S. The van der Waals surface area contributed by atoms with Crippen LogP contribution in [0.15, 0.2) is 0 Å². The maximum Gasteiger partial charge on any atom is 0.256 e. The van der Waals surface area contributed by atoms with Gasteiger partial charge in [-0.05, 0) is 12.8 Å². The first kappa shape index (κ1) is 11.0. The quantitative estimate of drug-likeness (QED) is 0.598. The normalized spacial score (nSPS) is 22.1. The Balaban J connectivity index is 2.65. The second-order valence-electron chi connectivity index (χ2n) is 3.24. The smallest absolute Gasteiger partial charge is 0.256 e. The lowest BCUT2D eigenvalue weighted by Gasteiger charge is -2.18. The third-order valence-corrected chi connectivity index (χ3v) is 2.59. The highest BCUT2D eigenvalue weighted by atomic mass is 32.2. The molecule has 0 aromatic carbocycles. The number of nitrogens with zero attached hydrogens (tertiary/aromatic N) is 1. The molecule has 7 heteroatoms. The summed E-state index contributed by atoms with van der Waals surface area (Å²) in [7, 11) is -3.53. The van der Waals surface area contributed by atoms with Crippen LogP contribution >= 0.6 is 0 Å². The van der Waals surface area contributed by atoms with Gasteiger partial charge in [0, 0.05) is 6.54 Å². The van der Waals surface area contributed by atoms with Gasteiger partial charge < -0.3 is 4.90 Å². The van der Waals surface area contributed by atoms with E-state index in [-0.39, 0.29) is 0 Å². The summed E-state index contributed by atoms with van der Waals surface area (Å²) in [5.41, 5.74) is 0. The van der Waals surface area contributed by atoms with Crippen LogP contribution < -0.4 is 4.72 Å². The van der Waals surface area contributed by atoms with Crippen molar-refractivity contribution in [3.05, 3.63) is 0 Å². The van der Waals surface area contributed by atoms with Gasteiger partial charge in [-0.2, -0.15) is 0 Å². The van der Waals surface area contributed by atoms with Crippen molar-refractivity contribution in [1.82, 2.24) is 9.62 Å². The molecular weight excluding hydrogens is 208 g/mol. The number of nitrogens with one attached hydrogen (secondary N) is 1. The van der Waals surface area contributed by atoms with Crippen LogP contribution in [0.2, 0.25) is 0 Å². The fraction of sp³-hybridized carbons (Fsp3) is 0.714. The van der Waals surface area contributed by atoms with Gasteiger partial charge in [0.05, 0.1) is 6.26 Å². The van der Waals surface area contributed by atoms with E-state index in [0.717, 1.165) is 12.7 Å². The second-order valence-corrected chi connectivity index (χ2v) is 4.99. The van der Waals surface area contributed by atoms with Gasteiger partial charge in [0.2, 0.25) is 16.4 Å². The van der Waals surface area contributed by atoms with Crippen molar-refractivity contribution in [3.63, 3.8) is 0 Å². The SMILES string of the molecule is CS(=O)(=O)NC(=O)[C@@H]1CCCN1C=O. The van der Waals surface area contributed by atoms with E-state index in [1.807, 2.05) is 4.72 Å². The summed E-state index contributed by atoms with van der Waals surface area (Å²) in [6.07, 6.45) is 2.71. The highest BCUT2D eigenvalue weighted by Crippen LogP contribution is 2.14. The van der Waals surface area contributed by atoms with E-state index in [1.165, 1.54) is 4.90 Å². The van der Waals surface area contributed by atoms with Gasteiger partial charge in [0.15, 0.2) is 0 Å². The van der Waals surface area contributed by atoms with E-state index >= 15 is 0 Å². The van der Waals surface area contributed by atoms with Gasteiger partial charge in [-0.3, -0.25) is 14.3 Å². The summed E-state index contributed by atoms with van der Waals surface area (Å²) in [4.78, 5) is 23.1. The summed E-state index contributed by atoms with van der Waals surface area (Å²) in [6.45, 7) is 0.505. The topological polar surface area (TPSA) is 83.6 Å². The number of hydrogen-bond donors (Lipinski definition) is 1. The number of hydrogen-bond acceptors (Lipinski definition) is 4. The van der Waals surface area contributed by atoms with Crippen molar-refractivity contribution >= 4 is 22.3 Å². The molecule has 80 valence electrons. The molecule has 1 aliphatic heterocycles. The summed E-state index contributed by atoms with van der Waals surface area (Å²) >= 11 is 0. The Kier molecular flexibility index (Phi) is 3.10. The van der Waals surface area contributed by atoms with E-state index in [1.54, 1.807) is 0 Å². The van der Waals surface area contributed by atoms with Crippen LogP contribution in [0.5, 0.6) is 0 Å². The molecule has 1 aliphatic rings. The Morgan fingerprint density at radius 1 is 1.57 bits per heavy atom. The lowest BCUT2D eigenvalue weighted by molar-refractivity contribution is -0.129. The summed E-state index contributed by atoms with van der Waals surface area (Å²) in [6, 6.07) is -0.637. The monoisotopic (exact) mass is 220 g/mol. The molecule has 0 aromatic heterocycles. The van der Waals surface area contributed by atoms with E-state index in [4.69, 9.17) is 0 Å². The lowest BCUT2D eigenvalue weighted by atomic mass is 10.2. The minimum atomic E-state index is -3.53. The first-order valence-corrected chi connectivity index (χ1v) is 6.06. The molecule has 6 nitrogen and oxygen atoms in total. The molecule has 0 aromatic rings. The molecule has 0 spiro atoms. The van der Waals surface area contributed by atoms with E-state index in [0.29, 0.717) is 19.4 Å². The zero-order chi connectivity index (χ0) is 10.8. The maximum atomic E-state index is 11.3. The minimum Gasteiger partial charge on any atom is -0.333 e. The van der Waals surface area contributed by atoms with Gasteiger partial charge in [0.25, 0.3) is 5.91 Å². The number of carbonyl (C=O) groups excluding carboxylic acids is 2. The number of likely N-dealkylation sites (tertiary alicyclic amines) is 1. The van der Waals surface area contributed by atoms with Crippen molar-refractivity contribution in [2.24, 2.45) is 0 Å². The largest absolute Gasteiger partial charge is 0.333 e. The minimum absolute atomic E-state index is 0.505. The van der Waals surface area contributed by atoms with Crippen molar-refractivity contribution in [1.29, 1.82) is 0 Å². The molecule has 1 heterocycles. The molecule has 2 amide bonds. The number of amides is 2. The summed E-state index contributed by atoms with van der Waals surface area (Å²) in [5, 5.41) is 0. The molecule has 1 atom stereocenters. The molecule has 14 heavy (non-hydrogen) atoms. The Hall–Kier alpha value is -1.11. The van der Waals surface area contributed by atoms with E-state index in [2.05, 4.69) is 0 Å². The van der Waals surface area contributed by atoms with Crippen LogP contribution in [0.1, 0.15) is 12.8 Å². The average molecular weight is 220 g/mol. The number of carbonyl (C=O) groups is 2. The molecule has 0 aliphatic carbocycles. The van der Waals surface area contributed by atoms with Gasteiger partial charge in [-0.25, -0.2) is 8.42 Å². The third-order valence-electron chi connectivity index (χ3n) is 2.02. The van der Waals surface area contributed by atoms with Crippen molar-refractivity contribution in [2.75, 3.05) is 12.8 Å². The van der Waals surface area contributed by atoms with Gasteiger partial charge in [-0.1, -0.05) is 0 Å². The Labute approximate surface area is 82.3 Å². The van der Waals surface area contributed by atoms with Crippen LogP contribution in [0.4, 0.5) is 0 Å². The molecule has 1 fully saturated rings. The van der Waals surface area contributed by atoms with Crippen LogP contribution in [0.3, 0.4) is 0 Å². The predicted molar refractivity (Wildman–Crippen MR) is 48.8 cm³/mol.